The second-order valence-corrected chi connectivity index (χ2v) is 11.3. The molecule has 1 saturated heterocycles. The standard InChI is InChI=1S/C35H27ClN2O5/c1-42-27-16-15-21(19-28(27)43-2)31(39)29-30(32(40)23-11-5-7-13-25(23)36)38-18-17-20-9-3-4-10-22(20)33(38)35(29)24-12-6-8-14-26(24)37-34(35)41/h3-19,29-30,33H,1-2H3,(H,37,41)/t29-,30+,33-,35-/m0/s1. The molecular formula is C35H27ClN2O5. The van der Waals surface area contributed by atoms with Crippen LogP contribution >= 0.6 is 11.6 Å². The van der Waals surface area contributed by atoms with Crippen molar-refractivity contribution in [2.75, 3.05) is 19.5 Å². The van der Waals surface area contributed by atoms with E-state index in [0.717, 1.165) is 11.1 Å². The van der Waals surface area contributed by atoms with Crippen LogP contribution in [0, 0.1) is 5.92 Å². The van der Waals surface area contributed by atoms with Gasteiger partial charge < -0.3 is 19.7 Å². The first-order valence-corrected chi connectivity index (χ1v) is 14.3. The molecular weight excluding hydrogens is 564 g/mol. The van der Waals surface area contributed by atoms with Crippen LogP contribution in [0.5, 0.6) is 11.5 Å². The van der Waals surface area contributed by atoms with Crippen LogP contribution in [0.3, 0.4) is 0 Å². The Kier molecular flexibility index (Phi) is 6.36. The van der Waals surface area contributed by atoms with Crippen molar-refractivity contribution in [3.05, 3.63) is 130 Å². The number of para-hydroxylation sites is 1. The van der Waals surface area contributed by atoms with Gasteiger partial charge in [0.05, 0.1) is 31.2 Å². The number of nitrogens with one attached hydrogen (secondary N) is 1. The number of carbonyl (C=O) groups is 3. The highest BCUT2D eigenvalue weighted by molar-refractivity contribution is 6.34. The Morgan fingerprint density at radius 3 is 2.37 bits per heavy atom. The molecule has 3 aliphatic heterocycles. The second-order valence-electron chi connectivity index (χ2n) is 10.9. The van der Waals surface area contributed by atoms with Gasteiger partial charge in [0.2, 0.25) is 5.91 Å². The molecule has 0 unspecified atom stereocenters. The van der Waals surface area contributed by atoms with Gasteiger partial charge >= 0.3 is 0 Å². The highest BCUT2D eigenvalue weighted by atomic mass is 35.5. The normalized spacial score (nSPS) is 22.9. The molecule has 1 N–H and O–H groups in total. The molecule has 1 spiro atoms. The third-order valence-electron chi connectivity index (χ3n) is 8.93. The first-order chi connectivity index (χ1) is 20.9. The maximum absolute atomic E-state index is 15.0. The average Bonchev–Trinajstić information content (AvgIpc) is 3.52. The molecule has 0 bridgehead atoms. The lowest BCUT2D eigenvalue weighted by Gasteiger charge is -2.38. The third kappa shape index (κ3) is 3.78. The summed E-state index contributed by atoms with van der Waals surface area (Å²) in [5, 5.41) is 3.34. The fourth-order valence-electron chi connectivity index (χ4n) is 7.16. The summed E-state index contributed by atoms with van der Waals surface area (Å²) >= 11 is 6.58. The van der Waals surface area contributed by atoms with Crippen molar-refractivity contribution in [2.45, 2.75) is 17.5 Å². The Labute approximate surface area is 253 Å². The van der Waals surface area contributed by atoms with Crippen LogP contribution in [0.2, 0.25) is 5.02 Å². The lowest BCUT2D eigenvalue weighted by Crippen LogP contribution is -2.49. The van der Waals surface area contributed by atoms with Gasteiger partial charge in [0.1, 0.15) is 11.5 Å². The lowest BCUT2D eigenvalue weighted by molar-refractivity contribution is -0.122. The van der Waals surface area contributed by atoms with E-state index in [1.165, 1.54) is 14.2 Å². The number of methoxy groups -OCH3 is 2. The SMILES string of the molecule is COc1ccc(C(=O)[C@@H]2[C@H](C(=O)c3ccccc3Cl)N3C=Cc4ccccc4[C@H]3[C@@]23C(=O)Nc2ccccc23)cc1OC. The van der Waals surface area contributed by atoms with E-state index in [0.29, 0.717) is 28.3 Å². The molecule has 214 valence electrons. The van der Waals surface area contributed by atoms with Crippen molar-refractivity contribution >= 4 is 40.8 Å². The number of ketones is 2. The Balaban J connectivity index is 1.54. The van der Waals surface area contributed by atoms with Crippen LogP contribution in [0.25, 0.3) is 6.08 Å². The Bertz CT molecular complexity index is 1850. The minimum atomic E-state index is -1.44. The van der Waals surface area contributed by atoms with Gasteiger partial charge in [0.25, 0.3) is 0 Å². The van der Waals surface area contributed by atoms with Crippen molar-refractivity contribution in [3.8, 4) is 11.5 Å². The van der Waals surface area contributed by atoms with Crippen LogP contribution < -0.4 is 14.8 Å². The molecule has 1 fully saturated rings. The van der Waals surface area contributed by atoms with Crippen LogP contribution in [-0.4, -0.2) is 42.6 Å². The second kappa shape index (κ2) is 10.1. The van der Waals surface area contributed by atoms with E-state index in [9.17, 15) is 9.59 Å². The predicted octanol–water partition coefficient (Wildman–Crippen LogP) is 6.34. The molecule has 0 aliphatic carbocycles. The summed E-state index contributed by atoms with van der Waals surface area (Å²) in [6, 6.07) is 25.2. The minimum absolute atomic E-state index is 0.278. The van der Waals surface area contributed by atoms with Gasteiger partial charge in [0, 0.05) is 23.0 Å². The zero-order chi connectivity index (χ0) is 29.9. The number of hydrogen-bond acceptors (Lipinski definition) is 6. The zero-order valence-electron chi connectivity index (χ0n) is 23.4. The number of carbonyl (C=O) groups excluding carboxylic acids is 3. The largest absolute Gasteiger partial charge is 0.493 e. The van der Waals surface area contributed by atoms with E-state index in [1.807, 2.05) is 65.7 Å². The monoisotopic (exact) mass is 590 g/mol. The van der Waals surface area contributed by atoms with E-state index in [4.69, 9.17) is 21.1 Å². The average molecular weight is 591 g/mol. The molecule has 3 aliphatic rings. The quantitative estimate of drug-likeness (QED) is 0.264. The third-order valence-corrected chi connectivity index (χ3v) is 9.26. The van der Waals surface area contributed by atoms with Gasteiger partial charge in [-0.05, 0) is 59.2 Å². The summed E-state index contributed by atoms with van der Waals surface area (Å²) in [6.45, 7) is 0. The van der Waals surface area contributed by atoms with Crippen molar-refractivity contribution in [1.82, 2.24) is 4.90 Å². The number of nitrogens with zero attached hydrogens (tertiary/aromatic N) is 1. The van der Waals surface area contributed by atoms with E-state index in [-0.39, 0.29) is 28.1 Å². The Morgan fingerprint density at radius 2 is 1.58 bits per heavy atom. The van der Waals surface area contributed by atoms with Gasteiger partial charge in [-0.2, -0.15) is 0 Å². The number of ether oxygens (including phenoxy) is 2. The maximum atomic E-state index is 15.0. The van der Waals surface area contributed by atoms with Gasteiger partial charge in [-0.1, -0.05) is 66.2 Å². The molecule has 3 heterocycles. The van der Waals surface area contributed by atoms with Crippen molar-refractivity contribution in [1.29, 1.82) is 0 Å². The highest BCUT2D eigenvalue weighted by Crippen LogP contribution is 2.62. The number of rotatable bonds is 6. The number of halogens is 1. The molecule has 0 aromatic heterocycles. The fourth-order valence-corrected chi connectivity index (χ4v) is 7.39. The minimum Gasteiger partial charge on any atom is -0.493 e. The first kappa shape index (κ1) is 27.0. The molecule has 7 rings (SSSR count). The van der Waals surface area contributed by atoms with E-state index in [1.54, 1.807) is 42.5 Å². The Morgan fingerprint density at radius 1 is 0.860 bits per heavy atom. The topological polar surface area (TPSA) is 84.9 Å². The summed E-state index contributed by atoms with van der Waals surface area (Å²) in [4.78, 5) is 46.1. The summed E-state index contributed by atoms with van der Waals surface area (Å²) in [5.41, 5.74) is 2.22. The first-order valence-electron chi connectivity index (χ1n) is 13.9. The molecule has 8 heteroatoms. The Hall–Kier alpha value is -4.88. The number of Topliss-reactive ketones (excluding diaryl/α,β-unsaturated/α-hetero) is 2. The van der Waals surface area contributed by atoms with Crippen LogP contribution in [0.4, 0.5) is 5.69 Å². The van der Waals surface area contributed by atoms with Crippen LogP contribution in [0.15, 0.2) is 97.2 Å². The highest BCUT2D eigenvalue weighted by Gasteiger charge is 2.70. The maximum Gasteiger partial charge on any atom is 0.238 e. The molecule has 4 aromatic rings. The fraction of sp³-hybridized carbons (Fsp3) is 0.171. The van der Waals surface area contributed by atoms with Gasteiger partial charge in [0.15, 0.2) is 23.1 Å². The molecule has 4 atom stereocenters. The number of amides is 1. The lowest BCUT2D eigenvalue weighted by atomic mass is 9.62. The van der Waals surface area contributed by atoms with Gasteiger partial charge in [-0.3, -0.25) is 14.4 Å². The smallest absolute Gasteiger partial charge is 0.238 e. The van der Waals surface area contributed by atoms with E-state index >= 15 is 4.79 Å². The summed E-state index contributed by atoms with van der Waals surface area (Å²) in [6.07, 6.45) is 3.76. The summed E-state index contributed by atoms with van der Waals surface area (Å²) < 4.78 is 10.9. The van der Waals surface area contributed by atoms with E-state index in [2.05, 4.69) is 5.32 Å². The molecule has 7 nitrogen and oxygen atoms in total. The summed E-state index contributed by atoms with van der Waals surface area (Å²) in [5.74, 6) is -1.33. The number of benzene rings is 4. The van der Waals surface area contributed by atoms with Crippen LogP contribution in [0.1, 0.15) is 43.4 Å². The predicted molar refractivity (Wildman–Crippen MR) is 164 cm³/mol. The number of hydrogen-bond donors (Lipinski definition) is 1. The van der Waals surface area contributed by atoms with Gasteiger partial charge in [-0.15, -0.1) is 0 Å². The van der Waals surface area contributed by atoms with Crippen LogP contribution in [-0.2, 0) is 10.2 Å². The molecule has 0 saturated carbocycles. The van der Waals surface area contributed by atoms with Crippen molar-refractivity contribution in [3.63, 3.8) is 0 Å². The molecule has 4 aromatic carbocycles. The van der Waals surface area contributed by atoms with Gasteiger partial charge in [-0.25, -0.2) is 0 Å². The molecule has 0 radical (unpaired) electrons. The number of anilines is 1. The van der Waals surface area contributed by atoms with Crippen molar-refractivity contribution in [2.24, 2.45) is 5.92 Å². The molecule has 43 heavy (non-hydrogen) atoms. The number of fused-ring (bicyclic) bond motifs is 6. The molecule has 1 amide bonds. The van der Waals surface area contributed by atoms with Crippen molar-refractivity contribution < 1.29 is 23.9 Å². The van der Waals surface area contributed by atoms with E-state index < -0.39 is 23.4 Å². The zero-order valence-corrected chi connectivity index (χ0v) is 24.2. The summed E-state index contributed by atoms with van der Waals surface area (Å²) in [7, 11) is 3.01.